The molecule has 1 aromatic rings. The number of rotatable bonds is 11. The normalized spacial score (nSPS) is 14.2. The highest BCUT2D eigenvalue weighted by atomic mass is 19.4. The summed E-state index contributed by atoms with van der Waals surface area (Å²) in [5.74, 6) is -0.124. The molecule has 1 N–H and O–H groups in total. The minimum atomic E-state index is -4.33. The molecule has 0 aliphatic carbocycles. The summed E-state index contributed by atoms with van der Waals surface area (Å²) in [5.41, 5.74) is -0.771. The van der Waals surface area contributed by atoms with Gasteiger partial charge in [0.05, 0.1) is 11.2 Å². The summed E-state index contributed by atoms with van der Waals surface area (Å²) in [6, 6.07) is 5.40. The highest BCUT2D eigenvalue weighted by Crippen LogP contribution is 2.43. The van der Waals surface area contributed by atoms with E-state index in [9.17, 15) is 18.3 Å². The van der Waals surface area contributed by atoms with Crippen molar-refractivity contribution in [2.24, 2.45) is 11.8 Å². The molecule has 0 aliphatic heterocycles. The van der Waals surface area contributed by atoms with Crippen molar-refractivity contribution in [1.82, 2.24) is 0 Å². The molecule has 0 aliphatic rings. The average molecular weight is 387 g/mol. The molecule has 1 atom stereocenters. The molecule has 27 heavy (non-hydrogen) atoms. The highest BCUT2D eigenvalue weighted by molar-refractivity contribution is 5.29. The molecule has 1 aromatic carbocycles. The standard InChI is InChI=1S/C23H37F3O/c1-6-7-8-9-10-11-12-21(22(27,17(2)3)18(4)5)19-13-15-20(16-14-19)23(24,25)26/h13-18,21,27H,6-12H2,1-5H3. The summed E-state index contributed by atoms with van der Waals surface area (Å²) in [4.78, 5) is 0. The van der Waals surface area contributed by atoms with Crippen LogP contribution in [0.15, 0.2) is 24.3 Å². The van der Waals surface area contributed by atoms with E-state index >= 15 is 0 Å². The van der Waals surface area contributed by atoms with Crippen LogP contribution in [0.4, 0.5) is 13.2 Å². The maximum absolute atomic E-state index is 12.9. The smallest absolute Gasteiger partial charge is 0.389 e. The third-order valence-corrected chi connectivity index (χ3v) is 5.89. The summed E-state index contributed by atoms with van der Waals surface area (Å²) in [7, 11) is 0. The molecule has 0 spiro atoms. The zero-order valence-corrected chi connectivity index (χ0v) is 17.6. The maximum Gasteiger partial charge on any atom is 0.416 e. The van der Waals surface area contributed by atoms with Gasteiger partial charge in [0.2, 0.25) is 0 Å². The first-order valence-corrected chi connectivity index (χ1v) is 10.4. The Bertz CT molecular complexity index is 524. The van der Waals surface area contributed by atoms with Crippen LogP contribution >= 0.6 is 0 Å². The molecule has 4 heteroatoms. The molecule has 0 saturated heterocycles. The highest BCUT2D eigenvalue weighted by Gasteiger charge is 2.43. The van der Waals surface area contributed by atoms with Crippen molar-refractivity contribution in [2.75, 3.05) is 0 Å². The molecule has 0 radical (unpaired) electrons. The fraction of sp³-hybridized carbons (Fsp3) is 0.739. The fourth-order valence-electron chi connectivity index (χ4n) is 4.17. The predicted octanol–water partition coefficient (Wildman–Crippen LogP) is 7.58. The Kier molecular flexibility index (Phi) is 9.33. The van der Waals surface area contributed by atoms with Crippen molar-refractivity contribution in [3.8, 4) is 0 Å². The van der Waals surface area contributed by atoms with Crippen LogP contribution in [0.1, 0.15) is 96.6 Å². The third-order valence-electron chi connectivity index (χ3n) is 5.89. The number of unbranched alkanes of at least 4 members (excludes halogenated alkanes) is 5. The van der Waals surface area contributed by atoms with Gasteiger partial charge in [-0.1, -0.05) is 85.3 Å². The van der Waals surface area contributed by atoms with Crippen LogP contribution in [0.3, 0.4) is 0 Å². The van der Waals surface area contributed by atoms with E-state index in [0.717, 1.165) is 37.0 Å². The SMILES string of the molecule is CCCCCCCCC(c1ccc(C(F)(F)F)cc1)C(O)(C(C)C)C(C)C. The van der Waals surface area contributed by atoms with Crippen molar-refractivity contribution >= 4 is 0 Å². The predicted molar refractivity (Wildman–Crippen MR) is 107 cm³/mol. The number of alkyl halides is 3. The lowest BCUT2D eigenvalue weighted by molar-refractivity contribution is -0.137. The second-order valence-electron chi connectivity index (χ2n) is 8.43. The molecular weight excluding hydrogens is 349 g/mol. The van der Waals surface area contributed by atoms with E-state index in [-0.39, 0.29) is 17.8 Å². The van der Waals surface area contributed by atoms with Crippen LogP contribution in [0, 0.1) is 11.8 Å². The summed E-state index contributed by atoms with van der Waals surface area (Å²) < 4.78 is 38.7. The van der Waals surface area contributed by atoms with E-state index in [0.29, 0.717) is 0 Å². The Labute approximate surface area is 163 Å². The second-order valence-corrected chi connectivity index (χ2v) is 8.43. The van der Waals surface area contributed by atoms with Gasteiger partial charge in [0.15, 0.2) is 0 Å². The molecule has 1 nitrogen and oxygen atoms in total. The molecule has 0 bridgehead atoms. The van der Waals surface area contributed by atoms with Crippen molar-refractivity contribution in [3.05, 3.63) is 35.4 Å². The van der Waals surface area contributed by atoms with E-state index in [1.165, 1.54) is 25.7 Å². The lowest BCUT2D eigenvalue weighted by Gasteiger charge is -2.43. The van der Waals surface area contributed by atoms with Crippen LogP contribution in [-0.4, -0.2) is 10.7 Å². The summed E-state index contributed by atoms with van der Waals surface area (Å²) in [6.45, 7) is 10.2. The van der Waals surface area contributed by atoms with Crippen LogP contribution in [-0.2, 0) is 6.18 Å². The number of benzene rings is 1. The van der Waals surface area contributed by atoms with E-state index in [1.54, 1.807) is 12.1 Å². The Morgan fingerprint density at radius 1 is 0.815 bits per heavy atom. The monoisotopic (exact) mass is 386 g/mol. The molecule has 1 rings (SSSR count). The first kappa shape index (κ1) is 24.0. The minimum absolute atomic E-state index is 0.0184. The first-order chi connectivity index (χ1) is 12.5. The first-order valence-electron chi connectivity index (χ1n) is 10.4. The Hall–Kier alpha value is -1.03. The summed E-state index contributed by atoms with van der Waals surface area (Å²) >= 11 is 0. The number of hydrogen-bond donors (Lipinski definition) is 1. The molecule has 0 amide bonds. The van der Waals surface area contributed by atoms with Crippen LogP contribution in [0.2, 0.25) is 0 Å². The molecule has 1 unspecified atom stereocenters. The summed E-state index contributed by atoms with van der Waals surface area (Å²) in [6.07, 6.45) is 3.39. The van der Waals surface area contributed by atoms with E-state index < -0.39 is 17.3 Å². The van der Waals surface area contributed by atoms with E-state index in [1.807, 2.05) is 27.7 Å². The Morgan fingerprint density at radius 3 is 1.74 bits per heavy atom. The average Bonchev–Trinajstić information content (AvgIpc) is 2.59. The van der Waals surface area contributed by atoms with E-state index in [4.69, 9.17) is 0 Å². The van der Waals surface area contributed by atoms with Gasteiger partial charge in [0.25, 0.3) is 0 Å². The van der Waals surface area contributed by atoms with Gasteiger partial charge in [-0.05, 0) is 36.0 Å². The van der Waals surface area contributed by atoms with Gasteiger partial charge in [-0.3, -0.25) is 0 Å². The molecule has 0 aromatic heterocycles. The topological polar surface area (TPSA) is 20.2 Å². The van der Waals surface area contributed by atoms with E-state index in [2.05, 4.69) is 6.92 Å². The zero-order chi connectivity index (χ0) is 20.7. The summed E-state index contributed by atoms with van der Waals surface area (Å²) in [5, 5.41) is 11.5. The quantitative estimate of drug-likeness (QED) is 0.389. The lowest BCUT2D eigenvalue weighted by Crippen LogP contribution is -2.46. The number of hydrogen-bond acceptors (Lipinski definition) is 1. The van der Waals surface area contributed by atoms with Crippen molar-refractivity contribution in [1.29, 1.82) is 0 Å². The van der Waals surface area contributed by atoms with Crippen LogP contribution < -0.4 is 0 Å². The van der Waals surface area contributed by atoms with Crippen molar-refractivity contribution < 1.29 is 18.3 Å². The third kappa shape index (κ3) is 6.51. The van der Waals surface area contributed by atoms with Gasteiger partial charge in [-0.2, -0.15) is 13.2 Å². The van der Waals surface area contributed by atoms with Gasteiger partial charge in [0, 0.05) is 5.92 Å². The van der Waals surface area contributed by atoms with Gasteiger partial charge in [-0.25, -0.2) is 0 Å². The van der Waals surface area contributed by atoms with Crippen molar-refractivity contribution in [2.45, 2.75) is 97.3 Å². The maximum atomic E-state index is 12.9. The molecule has 156 valence electrons. The molecular formula is C23H37F3O. The number of halogens is 3. The van der Waals surface area contributed by atoms with Gasteiger partial charge >= 0.3 is 6.18 Å². The van der Waals surface area contributed by atoms with Crippen LogP contribution in [0.5, 0.6) is 0 Å². The lowest BCUT2D eigenvalue weighted by atomic mass is 9.67. The second kappa shape index (κ2) is 10.5. The van der Waals surface area contributed by atoms with Crippen LogP contribution in [0.25, 0.3) is 0 Å². The van der Waals surface area contributed by atoms with Crippen molar-refractivity contribution in [3.63, 3.8) is 0 Å². The zero-order valence-electron chi connectivity index (χ0n) is 17.6. The van der Waals surface area contributed by atoms with Gasteiger partial charge in [-0.15, -0.1) is 0 Å². The minimum Gasteiger partial charge on any atom is -0.389 e. The molecule has 0 heterocycles. The molecule has 0 fully saturated rings. The molecule has 0 saturated carbocycles. The van der Waals surface area contributed by atoms with Gasteiger partial charge in [0.1, 0.15) is 0 Å². The fourth-order valence-corrected chi connectivity index (χ4v) is 4.17. The number of aliphatic hydroxyl groups is 1. The Morgan fingerprint density at radius 2 is 1.30 bits per heavy atom. The van der Waals surface area contributed by atoms with Gasteiger partial charge < -0.3 is 5.11 Å². The largest absolute Gasteiger partial charge is 0.416 e. The Balaban J connectivity index is 3.03.